The van der Waals surface area contributed by atoms with Crippen LogP contribution in [0.4, 0.5) is 0 Å². The molecule has 1 N–H and O–H groups in total. The first kappa shape index (κ1) is 16.7. The van der Waals surface area contributed by atoms with Gasteiger partial charge in [-0.05, 0) is 37.8 Å². The lowest BCUT2D eigenvalue weighted by atomic mass is 9.91. The maximum absolute atomic E-state index is 13.1. The number of aliphatic hydroxyl groups is 1. The Labute approximate surface area is 146 Å². The van der Waals surface area contributed by atoms with Gasteiger partial charge in [-0.25, -0.2) is 0 Å². The number of rotatable bonds is 4. The summed E-state index contributed by atoms with van der Waals surface area (Å²) in [6.45, 7) is 5.67. The van der Waals surface area contributed by atoms with E-state index in [4.69, 9.17) is 4.74 Å². The topological polar surface area (TPSA) is 49.8 Å². The minimum absolute atomic E-state index is 0.120. The summed E-state index contributed by atoms with van der Waals surface area (Å²) in [7, 11) is 0. The van der Waals surface area contributed by atoms with E-state index in [9.17, 15) is 9.90 Å². The number of hydrogen-bond acceptors (Lipinski definition) is 4. The number of aliphatic hydroxyl groups excluding tert-OH is 1. The van der Waals surface area contributed by atoms with Crippen molar-refractivity contribution in [3.05, 3.63) is 64.0 Å². The lowest BCUT2D eigenvalue weighted by Gasteiger charge is -2.43. The Morgan fingerprint density at radius 3 is 2.54 bits per heavy atom. The van der Waals surface area contributed by atoms with Crippen LogP contribution < -0.4 is 0 Å². The summed E-state index contributed by atoms with van der Waals surface area (Å²) in [5.41, 5.74) is 0.585. The highest BCUT2D eigenvalue weighted by Crippen LogP contribution is 2.37. The molecular weight excluding hydrogens is 322 g/mol. The second-order valence-corrected chi connectivity index (χ2v) is 7.35. The van der Waals surface area contributed by atoms with E-state index in [1.165, 1.54) is 11.3 Å². The van der Waals surface area contributed by atoms with Gasteiger partial charge < -0.3 is 9.84 Å². The highest BCUT2D eigenvalue weighted by atomic mass is 32.1. The minimum atomic E-state index is -0.789. The minimum Gasteiger partial charge on any atom is -0.477 e. The summed E-state index contributed by atoms with van der Waals surface area (Å²) in [6, 6.07) is 13.3. The van der Waals surface area contributed by atoms with Crippen molar-refractivity contribution in [1.29, 1.82) is 0 Å². The Kier molecular flexibility index (Phi) is 4.47. The van der Waals surface area contributed by atoms with Crippen molar-refractivity contribution >= 4 is 22.8 Å². The molecule has 0 saturated heterocycles. The third-order valence-electron chi connectivity index (χ3n) is 4.46. The molecular formula is C19H21NO3S. The molecule has 2 heterocycles. The van der Waals surface area contributed by atoms with Crippen molar-refractivity contribution in [1.82, 2.24) is 4.90 Å². The van der Waals surface area contributed by atoms with Crippen molar-refractivity contribution in [3.63, 3.8) is 0 Å². The lowest BCUT2D eigenvalue weighted by Crippen LogP contribution is -2.54. The van der Waals surface area contributed by atoms with Crippen LogP contribution in [0.2, 0.25) is 0 Å². The fourth-order valence-electron chi connectivity index (χ4n) is 2.88. The molecule has 4 nitrogen and oxygen atoms in total. The first-order chi connectivity index (χ1) is 11.4. The molecule has 0 spiro atoms. The van der Waals surface area contributed by atoms with E-state index in [0.717, 1.165) is 10.4 Å². The molecule has 0 radical (unpaired) electrons. The predicted molar refractivity (Wildman–Crippen MR) is 95.2 cm³/mol. The molecule has 0 bridgehead atoms. The Balaban J connectivity index is 1.95. The first-order valence-electron chi connectivity index (χ1n) is 7.85. The van der Waals surface area contributed by atoms with Gasteiger partial charge in [0.25, 0.3) is 5.91 Å². The van der Waals surface area contributed by atoms with Gasteiger partial charge in [-0.3, -0.25) is 9.69 Å². The highest BCUT2D eigenvalue weighted by molar-refractivity contribution is 7.10. The van der Waals surface area contributed by atoms with Crippen LogP contribution in [0.25, 0.3) is 5.57 Å². The van der Waals surface area contributed by atoms with Crippen molar-refractivity contribution in [3.8, 4) is 0 Å². The highest BCUT2D eigenvalue weighted by Gasteiger charge is 2.42. The van der Waals surface area contributed by atoms with Crippen molar-refractivity contribution in [2.75, 3.05) is 6.73 Å². The summed E-state index contributed by atoms with van der Waals surface area (Å²) < 4.78 is 5.76. The molecule has 2 aromatic rings. The molecule has 1 unspecified atom stereocenters. The van der Waals surface area contributed by atoms with Gasteiger partial charge in [0, 0.05) is 4.88 Å². The summed E-state index contributed by atoms with van der Waals surface area (Å²) >= 11 is 1.48. The van der Waals surface area contributed by atoms with Gasteiger partial charge in [0.1, 0.15) is 11.9 Å². The van der Waals surface area contributed by atoms with Crippen LogP contribution in [0, 0.1) is 0 Å². The molecule has 1 aromatic carbocycles. The first-order valence-corrected chi connectivity index (χ1v) is 8.73. The number of carbonyl (C=O) groups excluding carboxylic acids is 1. The third-order valence-corrected chi connectivity index (χ3v) is 5.39. The Bertz CT molecular complexity index is 750. The van der Waals surface area contributed by atoms with Gasteiger partial charge in [-0.1, -0.05) is 36.4 Å². The number of ether oxygens (including phenoxy) is 1. The van der Waals surface area contributed by atoms with E-state index in [1.54, 1.807) is 11.8 Å². The SMILES string of the molecule is CC1=C(c2ccccc2)C(=O)N(C(C)(C)C(O)c2cccs2)CO1. The second kappa shape index (κ2) is 6.42. The number of allylic oxidation sites excluding steroid dienone is 1. The molecule has 0 aliphatic carbocycles. The average molecular weight is 343 g/mol. The van der Waals surface area contributed by atoms with Gasteiger partial charge in [-0.15, -0.1) is 11.3 Å². The van der Waals surface area contributed by atoms with E-state index in [0.29, 0.717) is 11.3 Å². The molecule has 3 rings (SSSR count). The molecule has 1 aliphatic heterocycles. The van der Waals surface area contributed by atoms with Gasteiger partial charge in [0.15, 0.2) is 6.73 Å². The Morgan fingerprint density at radius 2 is 1.92 bits per heavy atom. The van der Waals surface area contributed by atoms with Gasteiger partial charge in [0.05, 0.1) is 11.1 Å². The number of nitrogens with zero attached hydrogens (tertiary/aromatic N) is 1. The van der Waals surface area contributed by atoms with Crippen LogP contribution in [-0.2, 0) is 9.53 Å². The molecule has 1 aliphatic rings. The zero-order valence-electron chi connectivity index (χ0n) is 14.0. The standard InChI is InChI=1S/C19H21NO3S/c1-13-16(14-8-5-4-6-9-14)18(22)20(12-23-13)19(2,3)17(21)15-10-7-11-24-15/h4-11,17,21H,12H2,1-3H3. The normalized spacial score (nSPS) is 17.0. The van der Waals surface area contributed by atoms with Gasteiger partial charge in [0.2, 0.25) is 0 Å². The Morgan fingerprint density at radius 1 is 1.21 bits per heavy atom. The fraction of sp³-hybridized carbons (Fsp3) is 0.316. The third kappa shape index (κ3) is 2.85. The zero-order valence-corrected chi connectivity index (χ0v) is 14.8. The van der Waals surface area contributed by atoms with Crippen molar-refractivity contribution in [2.24, 2.45) is 0 Å². The number of amides is 1. The molecule has 5 heteroatoms. The van der Waals surface area contributed by atoms with Crippen LogP contribution >= 0.6 is 11.3 Å². The van der Waals surface area contributed by atoms with Crippen molar-refractivity contribution in [2.45, 2.75) is 32.4 Å². The van der Waals surface area contributed by atoms with Crippen molar-refractivity contribution < 1.29 is 14.6 Å². The zero-order chi connectivity index (χ0) is 17.3. The van der Waals surface area contributed by atoms with Crippen LogP contribution in [0.15, 0.2) is 53.6 Å². The second-order valence-electron chi connectivity index (χ2n) is 6.38. The maximum Gasteiger partial charge on any atom is 0.261 e. The number of hydrogen-bond donors (Lipinski definition) is 1. The molecule has 24 heavy (non-hydrogen) atoms. The van der Waals surface area contributed by atoms with E-state index in [2.05, 4.69) is 0 Å². The molecule has 1 aromatic heterocycles. The molecule has 126 valence electrons. The Hall–Kier alpha value is -2.11. The summed E-state index contributed by atoms with van der Waals surface area (Å²) in [6.07, 6.45) is -0.777. The van der Waals surface area contributed by atoms with Crippen LogP contribution in [-0.4, -0.2) is 28.2 Å². The fourth-order valence-corrected chi connectivity index (χ4v) is 3.77. The summed E-state index contributed by atoms with van der Waals surface area (Å²) in [4.78, 5) is 15.6. The maximum atomic E-state index is 13.1. The van der Waals surface area contributed by atoms with Gasteiger partial charge >= 0.3 is 0 Å². The summed E-state index contributed by atoms with van der Waals surface area (Å²) in [5.74, 6) is 0.495. The van der Waals surface area contributed by atoms with Gasteiger partial charge in [-0.2, -0.15) is 0 Å². The number of thiophene rings is 1. The van der Waals surface area contributed by atoms with E-state index in [1.807, 2.05) is 61.7 Å². The average Bonchev–Trinajstić information content (AvgIpc) is 3.09. The summed E-state index contributed by atoms with van der Waals surface area (Å²) in [5, 5.41) is 12.7. The quantitative estimate of drug-likeness (QED) is 0.918. The van der Waals surface area contributed by atoms with E-state index in [-0.39, 0.29) is 12.6 Å². The molecule has 1 atom stereocenters. The number of benzene rings is 1. The van der Waals surface area contributed by atoms with Crippen LogP contribution in [0.5, 0.6) is 0 Å². The molecule has 0 fully saturated rings. The smallest absolute Gasteiger partial charge is 0.261 e. The van der Waals surface area contributed by atoms with Crippen LogP contribution in [0.3, 0.4) is 0 Å². The largest absolute Gasteiger partial charge is 0.477 e. The predicted octanol–water partition coefficient (Wildman–Crippen LogP) is 3.81. The van der Waals surface area contributed by atoms with Crippen LogP contribution in [0.1, 0.15) is 37.3 Å². The van der Waals surface area contributed by atoms with E-state index >= 15 is 0 Å². The monoisotopic (exact) mass is 343 g/mol. The number of carbonyl (C=O) groups is 1. The lowest BCUT2D eigenvalue weighted by molar-refractivity contribution is -0.146. The molecule has 0 saturated carbocycles. The molecule has 1 amide bonds. The van der Waals surface area contributed by atoms with E-state index < -0.39 is 11.6 Å².